The van der Waals surface area contributed by atoms with Gasteiger partial charge in [-0.3, -0.25) is 9.59 Å². The predicted octanol–water partition coefficient (Wildman–Crippen LogP) is 3.92. The van der Waals surface area contributed by atoms with Crippen molar-refractivity contribution in [2.75, 3.05) is 5.32 Å². The molecular weight excluding hydrogens is 324 g/mol. The number of hydrogen-bond donors (Lipinski definition) is 2. The van der Waals surface area contributed by atoms with Gasteiger partial charge in [0.05, 0.1) is 18.2 Å². The van der Waals surface area contributed by atoms with Gasteiger partial charge in [-0.2, -0.15) is 0 Å². The van der Waals surface area contributed by atoms with E-state index < -0.39 is 0 Å². The third-order valence-electron chi connectivity index (χ3n) is 5.28. The van der Waals surface area contributed by atoms with Gasteiger partial charge in [0.15, 0.2) is 0 Å². The quantitative estimate of drug-likeness (QED) is 0.860. The lowest BCUT2D eigenvalue weighted by Crippen LogP contribution is -2.31. The summed E-state index contributed by atoms with van der Waals surface area (Å²) in [7, 11) is 0. The highest BCUT2D eigenvalue weighted by Crippen LogP contribution is 2.36. The Balaban J connectivity index is 1.73. The molecule has 1 heterocycles. The summed E-state index contributed by atoms with van der Waals surface area (Å²) >= 11 is 0. The third kappa shape index (κ3) is 3.24. The van der Waals surface area contributed by atoms with Crippen molar-refractivity contribution in [2.45, 2.75) is 45.1 Å². The van der Waals surface area contributed by atoms with E-state index in [1.807, 2.05) is 18.2 Å². The minimum Gasteiger partial charge on any atom is -0.345 e. The number of nitrogens with one attached hydrogen (secondary N) is 2. The van der Waals surface area contributed by atoms with E-state index in [1.165, 1.54) is 5.56 Å². The van der Waals surface area contributed by atoms with Gasteiger partial charge in [-0.25, -0.2) is 0 Å². The highest BCUT2D eigenvalue weighted by molar-refractivity contribution is 6.00. The fourth-order valence-corrected chi connectivity index (χ4v) is 3.54. The summed E-state index contributed by atoms with van der Waals surface area (Å²) in [6.07, 6.45) is 2.34. The zero-order chi connectivity index (χ0) is 18.3. The molecule has 1 saturated carbocycles. The van der Waals surface area contributed by atoms with Crippen LogP contribution in [0.2, 0.25) is 0 Å². The SMILES string of the molecule is CC(C)c1ccc([C@@H](NC(=O)C2CC2)c2cccc3c2NC(=O)C3)cc1. The van der Waals surface area contributed by atoms with Gasteiger partial charge < -0.3 is 10.6 Å². The van der Waals surface area contributed by atoms with Crippen LogP contribution in [0.3, 0.4) is 0 Å². The number of fused-ring (bicyclic) bond motifs is 1. The van der Waals surface area contributed by atoms with Gasteiger partial charge in [0.25, 0.3) is 0 Å². The van der Waals surface area contributed by atoms with E-state index in [2.05, 4.69) is 48.7 Å². The smallest absolute Gasteiger partial charge is 0.228 e. The van der Waals surface area contributed by atoms with Gasteiger partial charge in [0.2, 0.25) is 11.8 Å². The van der Waals surface area contributed by atoms with Gasteiger partial charge in [-0.05, 0) is 35.4 Å². The molecule has 26 heavy (non-hydrogen) atoms. The summed E-state index contributed by atoms with van der Waals surface area (Å²) in [5.74, 6) is 0.711. The van der Waals surface area contributed by atoms with Gasteiger partial charge in [-0.15, -0.1) is 0 Å². The number of amides is 2. The summed E-state index contributed by atoms with van der Waals surface area (Å²) in [5, 5.41) is 6.19. The molecule has 0 aromatic heterocycles. The molecule has 1 fully saturated rings. The Morgan fingerprint density at radius 3 is 2.42 bits per heavy atom. The molecule has 4 nitrogen and oxygen atoms in total. The molecule has 1 atom stereocenters. The Kier molecular flexibility index (Phi) is 4.27. The van der Waals surface area contributed by atoms with Crippen molar-refractivity contribution < 1.29 is 9.59 Å². The van der Waals surface area contributed by atoms with E-state index in [9.17, 15) is 9.59 Å². The molecule has 2 aromatic rings. The number of benzene rings is 2. The molecule has 2 aliphatic rings. The van der Waals surface area contributed by atoms with Crippen molar-refractivity contribution in [3.8, 4) is 0 Å². The molecule has 0 radical (unpaired) electrons. The second-order valence-electron chi connectivity index (χ2n) is 7.64. The van der Waals surface area contributed by atoms with Crippen LogP contribution in [0.1, 0.15) is 60.9 Å². The molecule has 2 aromatic carbocycles. The minimum atomic E-state index is -0.252. The molecule has 4 heteroatoms. The van der Waals surface area contributed by atoms with Gasteiger partial charge in [0, 0.05) is 11.5 Å². The lowest BCUT2D eigenvalue weighted by atomic mass is 9.93. The molecule has 1 aliphatic carbocycles. The third-order valence-corrected chi connectivity index (χ3v) is 5.28. The Bertz CT molecular complexity index is 851. The van der Waals surface area contributed by atoms with E-state index in [-0.39, 0.29) is 23.8 Å². The first-order valence-corrected chi connectivity index (χ1v) is 9.35. The Morgan fingerprint density at radius 1 is 1.08 bits per heavy atom. The van der Waals surface area contributed by atoms with Gasteiger partial charge in [0.1, 0.15) is 0 Å². The summed E-state index contributed by atoms with van der Waals surface area (Å²) in [5.41, 5.74) is 5.12. The Hall–Kier alpha value is -2.62. The van der Waals surface area contributed by atoms with E-state index in [1.54, 1.807) is 0 Å². The summed E-state index contributed by atoms with van der Waals surface area (Å²) in [6.45, 7) is 4.34. The lowest BCUT2D eigenvalue weighted by Gasteiger charge is -2.23. The maximum atomic E-state index is 12.5. The van der Waals surface area contributed by atoms with Crippen molar-refractivity contribution >= 4 is 17.5 Å². The summed E-state index contributed by atoms with van der Waals surface area (Å²) < 4.78 is 0. The van der Waals surface area contributed by atoms with E-state index in [0.717, 1.165) is 35.2 Å². The zero-order valence-corrected chi connectivity index (χ0v) is 15.2. The molecule has 0 bridgehead atoms. The number of hydrogen-bond acceptors (Lipinski definition) is 2. The first-order valence-electron chi connectivity index (χ1n) is 9.35. The maximum absolute atomic E-state index is 12.5. The number of rotatable bonds is 5. The molecule has 2 amide bonds. The fourth-order valence-electron chi connectivity index (χ4n) is 3.54. The van der Waals surface area contributed by atoms with Crippen LogP contribution in [-0.2, 0) is 16.0 Å². The number of para-hydroxylation sites is 1. The standard InChI is InChI=1S/C22H24N2O2/c1-13(2)14-6-8-15(9-7-14)20(24-22(26)16-10-11-16)18-5-3-4-17-12-19(25)23-21(17)18/h3-9,13,16,20H,10-12H2,1-2H3,(H,23,25)(H,24,26)/t20-/m1/s1. The first kappa shape index (κ1) is 16.8. The Morgan fingerprint density at radius 2 is 1.77 bits per heavy atom. The largest absolute Gasteiger partial charge is 0.345 e. The molecule has 0 unspecified atom stereocenters. The van der Waals surface area contributed by atoms with Crippen molar-refractivity contribution in [1.29, 1.82) is 0 Å². The van der Waals surface area contributed by atoms with Crippen LogP contribution >= 0.6 is 0 Å². The molecule has 134 valence electrons. The van der Waals surface area contributed by atoms with Gasteiger partial charge in [-0.1, -0.05) is 56.3 Å². The zero-order valence-electron chi connectivity index (χ0n) is 15.2. The monoisotopic (exact) mass is 348 g/mol. The highest BCUT2D eigenvalue weighted by atomic mass is 16.2. The molecular formula is C22H24N2O2. The van der Waals surface area contributed by atoms with Gasteiger partial charge >= 0.3 is 0 Å². The molecule has 2 N–H and O–H groups in total. The summed E-state index contributed by atoms with van der Waals surface area (Å²) in [4.78, 5) is 24.4. The van der Waals surface area contributed by atoms with Crippen LogP contribution in [0.25, 0.3) is 0 Å². The van der Waals surface area contributed by atoms with Crippen LogP contribution in [0.5, 0.6) is 0 Å². The molecule has 1 aliphatic heterocycles. The van der Waals surface area contributed by atoms with Crippen molar-refractivity contribution in [3.63, 3.8) is 0 Å². The van der Waals surface area contributed by atoms with E-state index in [4.69, 9.17) is 0 Å². The van der Waals surface area contributed by atoms with Crippen molar-refractivity contribution in [3.05, 3.63) is 64.7 Å². The first-order chi connectivity index (χ1) is 12.5. The van der Waals surface area contributed by atoms with Crippen LogP contribution in [0.15, 0.2) is 42.5 Å². The van der Waals surface area contributed by atoms with Crippen LogP contribution in [-0.4, -0.2) is 11.8 Å². The average Bonchev–Trinajstić information content (AvgIpc) is 3.40. The highest BCUT2D eigenvalue weighted by Gasteiger charge is 2.33. The van der Waals surface area contributed by atoms with Crippen molar-refractivity contribution in [1.82, 2.24) is 5.32 Å². The second kappa shape index (κ2) is 6.60. The average molecular weight is 348 g/mol. The van der Waals surface area contributed by atoms with E-state index >= 15 is 0 Å². The topological polar surface area (TPSA) is 58.2 Å². The minimum absolute atomic E-state index is 0.00914. The number of anilines is 1. The fraction of sp³-hybridized carbons (Fsp3) is 0.364. The van der Waals surface area contributed by atoms with Crippen molar-refractivity contribution in [2.24, 2.45) is 5.92 Å². The molecule has 4 rings (SSSR count). The van der Waals surface area contributed by atoms with Crippen LogP contribution in [0, 0.1) is 5.92 Å². The second-order valence-corrected chi connectivity index (χ2v) is 7.64. The lowest BCUT2D eigenvalue weighted by molar-refractivity contribution is -0.122. The Labute approximate surface area is 154 Å². The number of carbonyl (C=O) groups is 2. The normalized spacial score (nSPS) is 17.0. The number of carbonyl (C=O) groups excluding carboxylic acids is 2. The molecule has 0 saturated heterocycles. The summed E-state index contributed by atoms with van der Waals surface area (Å²) in [6, 6.07) is 14.1. The predicted molar refractivity (Wildman–Crippen MR) is 102 cm³/mol. The van der Waals surface area contributed by atoms with E-state index in [0.29, 0.717) is 12.3 Å². The maximum Gasteiger partial charge on any atom is 0.228 e. The van der Waals surface area contributed by atoms with Crippen LogP contribution in [0.4, 0.5) is 5.69 Å². The van der Waals surface area contributed by atoms with Crippen LogP contribution < -0.4 is 10.6 Å². The molecule has 0 spiro atoms.